The van der Waals surface area contributed by atoms with Crippen molar-refractivity contribution in [2.75, 3.05) is 0 Å². The van der Waals surface area contributed by atoms with Crippen LogP contribution in [0.5, 0.6) is 5.75 Å². The maximum atomic E-state index is 5.94. The van der Waals surface area contributed by atoms with E-state index in [9.17, 15) is 0 Å². The molecule has 3 nitrogen and oxygen atoms in total. The van der Waals surface area contributed by atoms with Crippen molar-refractivity contribution < 1.29 is 4.74 Å². The van der Waals surface area contributed by atoms with E-state index < -0.39 is 0 Å². The van der Waals surface area contributed by atoms with E-state index in [0.717, 1.165) is 42.0 Å². The fraction of sp³-hybridized carbons (Fsp3) is 0.240. The summed E-state index contributed by atoms with van der Waals surface area (Å²) in [5.41, 5.74) is 5.79. The molecule has 142 valence electrons. The van der Waals surface area contributed by atoms with Crippen LogP contribution in [0.1, 0.15) is 36.7 Å². The summed E-state index contributed by atoms with van der Waals surface area (Å²) in [6, 6.07) is 25.0. The molecule has 0 aliphatic carbocycles. The van der Waals surface area contributed by atoms with Crippen LogP contribution in [0.25, 0.3) is 16.7 Å². The largest absolute Gasteiger partial charge is 0.489 e. The summed E-state index contributed by atoms with van der Waals surface area (Å²) in [6.45, 7) is 4.93. The molecular formula is C25H26N2O. The minimum atomic E-state index is 0.579. The van der Waals surface area contributed by atoms with E-state index in [1.165, 1.54) is 16.6 Å². The van der Waals surface area contributed by atoms with Crippen LogP contribution < -0.4 is 4.74 Å². The van der Waals surface area contributed by atoms with Gasteiger partial charge in [-0.05, 0) is 54.8 Å². The van der Waals surface area contributed by atoms with Gasteiger partial charge in [0.2, 0.25) is 0 Å². The number of imidazole rings is 1. The molecule has 1 heterocycles. The minimum absolute atomic E-state index is 0.579. The average molecular weight is 370 g/mol. The molecule has 1 aromatic heterocycles. The molecule has 28 heavy (non-hydrogen) atoms. The molecule has 0 amide bonds. The molecule has 0 spiro atoms. The first-order valence-corrected chi connectivity index (χ1v) is 10.0. The van der Waals surface area contributed by atoms with Crippen LogP contribution in [-0.4, -0.2) is 9.55 Å². The van der Waals surface area contributed by atoms with Crippen LogP contribution in [0.15, 0.2) is 72.8 Å². The van der Waals surface area contributed by atoms with Crippen LogP contribution in [0.2, 0.25) is 0 Å². The Morgan fingerprint density at radius 2 is 1.68 bits per heavy atom. The SMILES string of the molecule is CCCCc1nc2c(C)cccc2n1-c1ccc(OCc2ccccc2)cc1. The highest BCUT2D eigenvalue weighted by Gasteiger charge is 2.13. The lowest BCUT2D eigenvalue weighted by molar-refractivity contribution is 0.306. The molecule has 0 atom stereocenters. The van der Waals surface area contributed by atoms with Gasteiger partial charge in [0.1, 0.15) is 18.2 Å². The fourth-order valence-electron chi connectivity index (χ4n) is 3.51. The number of aromatic nitrogens is 2. The van der Waals surface area contributed by atoms with Crippen LogP contribution >= 0.6 is 0 Å². The van der Waals surface area contributed by atoms with Crippen molar-refractivity contribution in [2.24, 2.45) is 0 Å². The predicted molar refractivity (Wildman–Crippen MR) is 115 cm³/mol. The number of rotatable bonds is 7. The van der Waals surface area contributed by atoms with Crippen molar-refractivity contribution in [1.82, 2.24) is 9.55 Å². The normalized spacial score (nSPS) is 11.1. The maximum absolute atomic E-state index is 5.94. The zero-order chi connectivity index (χ0) is 19.3. The quantitative estimate of drug-likeness (QED) is 0.384. The molecule has 0 unspecified atom stereocenters. The van der Waals surface area contributed by atoms with Gasteiger partial charge >= 0.3 is 0 Å². The molecule has 0 radical (unpaired) electrons. The third kappa shape index (κ3) is 3.79. The lowest BCUT2D eigenvalue weighted by atomic mass is 10.2. The zero-order valence-electron chi connectivity index (χ0n) is 16.6. The first-order chi connectivity index (χ1) is 13.8. The summed E-state index contributed by atoms with van der Waals surface area (Å²) in [5.74, 6) is 2.01. The second kappa shape index (κ2) is 8.30. The third-order valence-corrected chi connectivity index (χ3v) is 5.05. The minimum Gasteiger partial charge on any atom is -0.489 e. The Morgan fingerprint density at radius 1 is 0.893 bits per heavy atom. The number of ether oxygens (including phenoxy) is 1. The Bertz CT molecular complexity index is 1050. The van der Waals surface area contributed by atoms with E-state index in [4.69, 9.17) is 9.72 Å². The Hall–Kier alpha value is -3.07. The van der Waals surface area contributed by atoms with Crippen LogP contribution in [-0.2, 0) is 13.0 Å². The molecule has 3 heteroatoms. The predicted octanol–water partition coefficient (Wildman–Crippen LogP) is 6.26. The van der Waals surface area contributed by atoms with Gasteiger partial charge in [-0.25, -0.2) is 4.98 Å². The molecule has 0 bridgehead atoms. The van der Waals surface area contributed by atoms with E-state index in [-0.39, 0.29) is 0 Å². The van der Waals surface area contributed by atoms with E-state index in [1.807, 2.05) is 30.3 Å². The van der Waals surface area contributed by atoms with E-state index in [1.54, 1.807) is 0 Å². The smallest absolute Gasteiger partial charge is 0.119 e. The third-order valence-electron chi connectivity index (χ3n) is 5.05. The van der Waals surface area contributed by atoms with Crippen LogP contribution in [0.3, 0.4) is 0 Å². The summed E-state index contributed by atoms with van der Waals surface area (Å²) < 4.78 is 8.23. The van der Waals surface area contributed by atoms with Gasteiger partial charge in [0.05, 0.1) is 11.0 Å². The van der Waals surface area contributed by atoms with Gasteiger partial charge in [-0.1, -0.05) is 55.8 Å². The van der Waals surface area contributed by atoms with Gasteiger partial charge in [-0.3, -0.25) is 4.57 Å². The second-order valence-electron chi connectivity index (χ2n) is 7.18. The Labute approximate surface area is 166 Å². The maximum Gasteiger partial charge on any atom is 0.119 e. The lowest BCUT2D eigenvalue weighted by Gasteiger charge is -2.11. The molecule has 0 N–H and O–H groups in total. The summed E-state index contributed by atoms with van der Waals surface area (Å²) in [6.07, 6.45) is 3.28. The van der Waals surface area contributed by atoms with Gasteiger partial charge in [-0.2, -0.15) is 0 Å². The molecule has 0 saturated heterocycles. The monoisotopic (exact) mass is 370 g/mol. The number of aryl methyl sites for hydroxylation is 2. The second-order valence-corrected chi connectivity index (χ2v) is 7.18. The van der Waals surface area contributed by atoms with Crippen molar-refractivity contribution in [2.45, 2.75) is 39.7 Å². The van der Waals surface area contributed by atoms with E-state index in [0.29, 0.717) is 6.61 Å². The lowest BCUT2D eigenvalue weighted by Crippen LogP contribution is -2.02. The van der Waals surface area contributed by atoms with Gasteiger partial charge in [0, 0.05) is 12.1 Å². The van der Waals surface area contributed by atoms with Gasteiger partial charge in [0.15, 0.2) is 0 Å². The molecule has 0 aliphatic heterocycles. The molecule has 0 aliphatic rings. The van der Waals surface area contributed by atoms with E-state index in [2.05, 4.69) is 60.9 Å². The molecule has 4 rings (SSSR count). The zero-order valence-corrected chi connectivity index (χ0v) is 16.6. The Morgan fingerprint density at radius 3 is 2.43 bits per heavy atom. The highest BCUT2D eigenvalue weighted by molar-refractivity contribution is 5.81. The Balaban J connectivity index is 1.63. The van der Waals surface area contributed by atoms with E-state index >= 15 is 0 Å². The number of fused-ring (bicyclic) bond motifs is 1. The first-order valence-electron chi connectivity index (χ1n) is 10.0. The van der Waals surface area contributed by atoms with Gasteiger partial charge < -0.3 is 4.74 Å². The van der Waals surface area contributed by atoms with Crippen LogP contribution in [0.4, 0.5) is 0 Å². The number of hydrogen-bond donors (Lipinski definition) is 0. The number of benzene rings is 3. The van der Waals surface area contributed by atoms with Crippen molar-refractivity contribution in [3.8, 4) is 11.4 Å². The molecular weight excluding hydrogens is 344 g/mol. The number of nitrogens with zero attached hydrogens (tertiary/aromatic N) is 2. The number of hydrogen-bond acceptors (Lipinski definition) is 2. The highest BCUT2D eigenvalue weighted by atomic mass is 16.5. The van der Waals surface area contributed by atoms with Crippen molar-refractivity contribution in [3.05, 3.63) is 89.7 Å². The van der Waals surface area contributed by atoms with Crippen molar-refractivity contribution in [3.63, 3.8) is 0 Å². The fourth-order valence-corrected chi connectivity index (χ4v) is 3.51. The first kappa shape index (κ1) is 18.3. The Kier molecular flexibility index (Phi) is 5.43. The summed E-state index contributed by atoms with van der Waals surface area (Å²) in [7, 11) is 0. The summed E-state index contributed by atoms with van der Waals surface area (Å²) in [4.78, 5) is 4.96. The highest BCUT2D eigenvalue weighted by Crippen LogP contribution is 2.26. The summed E-state index contributed by atoms with van der Waals surface area (Å²) >= 11 is 0. The molecule has 0 saturated carbocycles. The van der Waals surface area contributed by atoms with Crippen LogP contribution in [0, 0.1) is 6.92 Å². The molecule has 0 fully saturated rings. The average Bonchev–Trinajstić information content (AvgIpc) is 3.12. The van der Waals surface area contributed by atoms with Crippen molar-refractivity contribution in [1.29, 1.82) is 0 Å². The van der Waals surface area contributed by atoms with Gasteiger partial charge in [-0.15, -0.1) is 0 Å². The molecule has 3 aromatic carbocycles. The van der Waals surface area contributed by atoms with Gasteiger partial charge in [0.25, 0.3) is 0 Å². The summed E-state index contributed by atoms with van der Waals surface area (Å²) in [5, 5.41) is 0. The molecule has 4 aromatic rings. The number of unbranched alkanes of at least 4 members (excludes halogenated alkanes) is 1. The standard InChI is InChI=1S/C25H26N2O/c1-3-4-13-24-26-25-19(2)9-8-12-23(25)27(24)21-14-16-22(17-15-21)28-18-20-10-6-5-7-11-20/h5-12,14-17H,3-4,13,18H2,1-2H3. The van der Waals surface area contributed by atoms with Crippen molar-refractivity contribution >= 4 is 11.0 Å². The number of para-hydroxylation sites is 1. The topological polar surface area (TPSA) is 27.1 Å².